The average molecular weight is 159 g/mol. The third-order valence-electron chi connectivity index (χ3n) is 2.26. The van der Waals surface area contributed by atoms with E-state index < -0.39 is 5.67 Å². The summed E-state index contributed by atoms with van der Waals surface area (Å²) >= 11 is 0. The molecule has 1 aliphatic carbocycles. The van der Waals surface area contributed by atoms with Gasteiger partial charge in [-0.05, 0) is 26.2 Å². The van der Waals surface area contributed by atoms with Gasteiger partial charge in [0.2, 0.25) is 0 Å². The fourth-order valence-corrected chi connectivity index (χ4v) is 1.81. The van der Waals surface area contributed by atoms with Crippen molar-refractivity contribution in [3.8, 4) is 0 Å². The standard InChI is InChI=1S/C9H18FN/c1-7(2)11-8-4-5-9(3,10)6-8/h7-8,11H,4-6H2,1-3H3. The molecule has 1 N–H and O–H groups in total. The van der Waals surface area contributed by atoms with Gasteiger partial charge < -0.3 is 5.32 Å². The highest BCUT2D eigenvalue weighted by Crippen LogP contribution is 2.32. The van der Waals surface area contributed by atoms with Crippen molar-refractivity contribution in [2.24, 2.45) is 0 Å². The van der Waals surface area contributed by atoms with Crippen LogP contribution >= 0.6 is 0 Å². The summed E-state index contributed by atoms with van der Waals surface area (Å²) in [6.07, 6.45) is 2.40. The van der Waals surface area contributed by atoms with Crippen LogP contribution in [0.2, 0.25) is 0 Å². The molecule has 11 heavy (non-hydrogen) atoms. The Labute approximate surface area is 68.4 Å². The number of nitrogens with one attached hydrogen (secondary N) is 1. The lowest BCUT2D eigenvalue weighted by atomic mass is 10.1. The largest absolute Gasteiger partial charge is 0.312 e. The van der Waals surface area contributed by atoms with Gasteiger partial charge in [-0.15, -0.1) is 0 Å². The van der Waals surface area contributed by atoms with Crippen LogP contribution in [0, 0.1) is 0 Å². The molecule has 0 bridgehead atoms. The van der Waals surface area contributed by atoms with Crippen molar-refractivity contribution in [2.45, 2.75) is 57.8 Å². The molecule has 1 rings (SSSR count). The van der Waals surface area contributed by atoms with Crippen molar-refractivity contribution < 1.29 is 4.39 Å². The van der Waals surface area contributed by atoms with Gasteiger partial charge in [0.1, 0.15) is 5.67 Å². The van der Waals surface area contributed by atoms with Gasteiger partial charge in [-0.2, -0.15) is 0 Å². The van der Waals surface area contributed by atoms with Crippen molar-refractivity contribution in [2.75, 3.05) is 0 Å². The van der Waals surface area contributed by atoms with Gasteiger partial charge in [0.25, 0.3) is 0 Å². The first-order chi connectivity index (χ1) is 4.99. The van der Waals surface area contributed by atoms with E-state index in [1.54, 1.807) is 6.92 Å². The molecule has 0 amide bonds. The summed E-state index contributed by atoms with van der Waals surface area (Å²) in [7, 11) is 0. The van der Waals surface area contributed by atoms with E-state index in [1.807, 2.05) is 0 Å². The molecule has 1 fully saturated rings. The van der Waals surface area contributed by atoms with Crippen molar-refractivity contribution in [3.63, 3.8) is 0 Å². The SMILES string of the molecule is CC(C)NC1CCC(C)(F)C1. The van der Waals surface area contributed by atoms with E-state index in [2.05, 4.69) is 19.2 Å². The fraction of sp³-hybridized carbons (Fsp3) is 1.00. The third kappa shape index (κ3) is 2.78. The Hall–Kier alpha value is -0.110. The third-order valence-corrected chi connectivity index (χ3v) is 2.26. The van der Waals surface area contributed by atoms with Crippen LogP contribution in [0.5, 0.6) is 0 Å². The van der Waals surface area contributed by atoms with E-state index in [4.69, 9.17) is 0 Å². The zero-order chi connectivity index (χ0) is 8.48. The first-order valence-corrected chi connectivity index (χ1v) is 4.44. The van der Waals surface area contributed by atoms with Crippen molar-refractivity contribution in [3.05, 3.63) is 0 Å². The lowest BCUT2D eigenvalue weighted by molar-refractivity contribution is 0.194. The first-order valence-electron chi connectivity index (χ1n) is 4.44. The Kier molecular flexibility index (Phi) is 2.53. The second-order valence-electron chi connectivity index (χ2n) is 4.17. The van der Waals surface area contributed by atoms with E-state index in [-0.39, 0.29) is 0 Å². The van der Waals surface area contributed by atoms with Crippen LogP contribution in [0.3, 0.4) is 0 Å². The average Bonchev–Trinajstić information content (AvgIpc) is 2.08. The van der Waals surface area contributed by atoms with E-state index >= 15 is 0 Å². The van der Waals surface area contributed by atoms with Gasteiger partial charge in [-0.3, -0.25) is 0 Å². The summed E-state index contributed by atoms with van der Waals surface area (Å²) < 4.78 is 13.3. The van der Waals surface area contributed by atoms with E-state index in [0.717, 1.165) is 12.8 Å². The molecule has 1 nitrogen and oxygen atoms in total. The topological polar surface area (TPSA) is 12.0 Å². The molecule has 2 atom stereocenters. The van der Waals surface area contributed by atoms with Crippen molar-refractivity contribution in [1.82, 2.24) is 5.32 Å². The summed E-state index contributed by atoms with van der Waals surface area (Å²) in [5.74, 6) is 0. The number of hydrogen-bond donors (Lipinski definition) is 1. The molecular weight excluding hydrogens is 141 g/mol. The molecule has 66 valence electrons. The molecule has 0 aromatic heterocycles. The molecule has 0 aromatic carbocycles. The Bertz CT molecular complexity index is 132. The minimum atomic E-state index is -0.910. The van der Waals surface area contributed by atoms with Crippen molar-refractivity contribution in [1.29, 1.82) is 0 Å². The van der Waals surface area contributed by atoms with E-state index in [0.29, 0.717) is 18.5 Å². The van der Waals surface area contributed by atoms with Crippen LogP contribution in [0.15, 0.2) is 0 Å². The van der Waals surface area contributed by atoms with Crippen LogP contribution in [-0.2, 0) is 0 Å². The Morgan fingerprint density at radius 2 is 2.18 bits per heavy atom. The lowest BCUT2D eigenvalue weighted by Crippen LogP contribution is -2.33. The highest BCUT2D eigenvalue weighted by molar-refractivity contribution is 4.90. The van der Waals surface area contributed by atoms with E-state index in [1.165, 1.54) is 0 Å². The Balaban J connectivity index is 2.31. The van der Waals surface area contributed by atoms with Crippen molar-refractivity contribution >= 4 is 0 Å². The Morgan fingerprint density at radius 1 is 1.55 bits per heavy atom. The minimum Gasteiger partial charge on any atom is -0.312 e. The van der Waals surface area contributed by atoms with E-state index in [9.17, 15) is 4.39 Å². The molecule has 2 unspecified atom stereocenters. The molecule has 0 radical (unpaired) electrons. The molecule has 0 aliphatic heterocycles. The number of rotatable bonds is 2. The normalized spacial score (nSPS) is 38.5. The first kappa shape index (κ1) is 8.98. The molecule has 0 aromatic rings. The predicted octanol–water partition coefficient (Wildman–Crippen LogP) is 2.27. The predicted molar refractivity (Wildman–Crippen MR) is 45.4 cm³/mol. The maximum absolute atomic E-state index is 13.3. The second kappa shape index (κ2) is 3.10. The van der Waals surface area contributed by atoms with Gasteiger partial charge in [0.05, 0.1) is 0 Å². The van der Waals surface area contributed by atoms with Gasteiger partial charge >= 0.3 is 0 Å². The smallest absolute Gasteiger partial charge is 0.109 e. The highest BCUT2D eigenvalue weighted by Gasteiger charge is 2.34. The molecule has 0 spiro atoms. The monoisotopic (exact) mass is 159 g/mol. The minimum absolute atomic E-state index is 0.407. The molecule has 2 heteroatoms. The van der Waals surface area contributed by atoms with Crippen LogP contribution in [0.25, 0.3) is 0 Å². The number of halogens is 1. The summed E-state index contributed by atoms with van der Waals surface area (Å²) in [4.78, 5) is 0. The molecule has 1 saturated carbocycles. The maximum Gasteiger partial charge on any atom is 0.109 e. The van der Waals surface area contributed by atoms with Gasteiger partial charge in [-0.25, -0.2) is 4.39 Å². The number of alkyl halides is 1. The second-order valence-corrected chi connectivity index (χ2v) is 4.17. The zero-order valence-corrected chi connectivity index (χ0v) is 7.65. The maximum atomic E-state index is 13.3. The van der Waals surface area contributed by atoms with Crippen LogP contribution in [0.4, 0.5) is 4.39 Å². The lowest BCUT2D eigenvalue weighted by Gasteiger charge is -2.16. The summed E-state index contributed by atoms with van der Waals surface area (Å²) in [6.45, 7) is 5.91. The van der Waals surface area contributed by atoms with Crippen LogP contribution in [-0.4, -0.2) is 17.8 Å². The fourth-order valence-electron chi connectivity index (χ4n) is 1.81. The molecule has 0 heterocycles. The van der Waals surface area contributed by atoms with Gasteiger partial charge in [0.15, 0.2) is 0 Å². The zero-order valence-electron chi connectivity index (χ0n) is 7.65. The molecule has 0 saturated heterocycles. The quantitative estimate of drug-likeness (QED) is 0.651. The van der Waals surface area contributed by atoms with Crippen LogP contribution in [0.1, 0.15) is 40.0 Å². The molecule has 1 aliphatic rings. The van der Waals surface area contributed by atoms with Gasteiger partial charge in [0, 0.05) is 12.1 Å². The summed E-state index contributed by atoms with van der Waals surface area (Å²) in [5.41, 5.74) is -0.910. The summed E-state index contributed by atoms with van der Waals surface area (Å²) in [5, 5.41) is 3.36. The Morgan fingerprint density at radius 3 is 2.55 bits per heavy atom. The molecular formula is C9H18FN. The highest BCUT2D eigenvalue weighted by atomic mass is 19.1. The van der Waals surface area contributed by atoms with Crippen LogP contribution < -0.4 is 5.32 Å². The number of hydrogen-bond acceptors (Lipinski definition) is 1. The summed E-state index contributed by atoms with van der Waals surface area (Å²) in [6, 6.07) is 0.888. The van der Waals surface area contributed by atoms with Gasteiger partial charge in [-0.1, -0.05) is 13.8 Å².